The minimum Gasteiger partial charge on any atom is -0.494 e. The van der Waals surface area contributed by atoms with Crippen molar-refractivity contribution in [2.75, 3.05) is 31.0 Å². The van der Waals surface area contributed by atoms with E-state index in [1.807, 2.05) is 6.92 Å². The SMILES string of the molecule is C=C(/C=c1/ncnc(Nc2ccc(F)cc2O[C@H]2CCOC2)/c1=C(/C)OC1CC1)N=S(C)(C)=O. The molecule has 34 heavy (non-hydrogen) atoms. The largest absolute Gasteiger partial charge is 0.494 e. The van der Waals surface area contributed by atoms with E-state index in [0.29, 0.717) is 52.5 Å². The number of anilines is 2. The number of allylic oxidation sites excluding steroid dienone is 1. The fourth-order valence-electron chi connectivity index (χ4n) is 3.52. The van der Waals surface area contributed by atoms with Crippen LogP contribution < -0.4 is 20.6 Å². The third-order valence-electron chi connectivity index (χ3n) is 5.12. The number of halogens is 1. The van der Waals surface area contributed by atoms with Crippen LogP contribution in [0.2, 0.25) is 0 Å². The lowest BCUT2D eigenvalue weighted by atomic mass is 10.2. The second-order valence-corrected chi connectivity index (χ2v) is 11.2. The zero-order valence-electron chi connectivity index (χ0n) is 19.5. The maximum Gasteiger partial charge on any atom is 0.146 e. The quantitative estimate of drug-likeness (QED) is 0.611. The fraction of sp³-hybridized carbons (Fsp3) is 0.417. The van der Waals surface area contributed by atoms with Crippen molar-refractivity contribution in [3.63, 3.8) is 0 Å². The van der Waals surface area contributed by atoms with Crippen molar-refractivity contribution < 1.29 is 22.8 Å². The molecular formula is C24H29FN4O4S. The second kappa shape index (κ2) is 10.1. The van der Waals surface area contributed by atoms with Gasteiger partial charge in [0.1, 0.15) is 35.6 Å². The van der Waals surface area contributed by atoms with Gasteiger partial charge in [-0.15, -0.1) is 0 Å². The minimum absolute atomic E-state index is 0.148. The van der Waals surface area contributed by atoms with Gasteiger partial charge in [-0.1, -0.05) is 6.58 Å². The molecule has 2 aromatic rings. The summed E-state index contributed by atoms with van der Waals surface area (Å²) in [5.41, 5.74) is 0.874. The van der Waals surface area contributed by atoms with Crippen LogP contribution >= 0.6 is 0 Å². The lowest BCUT2D eigenvalue weighted by molar-refractivity contribution is 0.141. The standard InChI is InChI=1S/C24H29FN4O4S/c1-15(29-34(3,4)30)11-21-23(16(2)32-18-6-7-18)24(27-14-26-21)28-20-8-5-17(25)12-22(20)33-19-9-10-31-13-19/h5,8,11-12,14,18-19H,1,6-7,9-10,13H2,2-4H3,(H,26,27,28)/b21-11+,23-16-/t19-/m0/s1. The molecule has 2 heterocycles. The number of hydrogen-bond donors (Lipinski definition) is 1. The van der Waals surface area contributed by atoms with E-state index in [0.717, 1.165) is 19.3 Å². The van der Waals surface area contributed by atoms with Gasteiger partial charge in [-0.2, -0.15) is 0 Å². The molecule has 2 fully saturated rings. The second-order valence-electron chi connectivity index (χ2n) is 8.63. The van der Waals surface area contributed by atoms with Crippen molar-refractivity contribution in [2.45, 2.75) is 38.4 Å². The predicted molar refractivity (Wildman–Crippen MR) is 130 cm³/mol. The first kappa shape index (κ1) is 24.2. The summed E-state index contributed by atoms with van der Waals surface area (Å²) >= 11 is 0. The Labute approximate surface area is 198 Å². The fourth-order valence-corrected chi connectivity index (χ4v) is 4.14. The van der Waals surface area contributed by atoms with Crippen LogP contribution in [-0.4, -0.2) is 52.1 Å². The van der Waals surface area contributed by atoms with Crippen LogP contribution in [0.3, 0.4) is 0 Å². The van der Waals surface area contributed by atoms with Gasteiger partial charge < -0.3 is 19.5 Å². The average Bonchev–Trinajstić information content (AvgIpc) is 3.40. The highest BCUT2D eigenvalue weighted by molar-refractivity contribution is 7.92. The van der Waals surface area contributed by atoms with Crippen molar-refractivity contribution in [1.82, 2.24) is 9.97 Å². The Balaban J connectivity index is 1.78. The Morgan fingerprint density at radius 3 is 2.76 bits per heavy atom. The van der Waals surface area contributed by atoms with Crippen molar-refractivity contribution in [2.24, 2.45) is 4.36 Å². The van der Waals surface area contributed by atoms with E-state index in [1.54, 1.807) is 24.7 Å². The van der Waals surface area contributed by atoms with Gasteiger partial charge in [0.2, 0.25) is 0 Å². The van der Waals surface area contributed by atoms with Gasteiger partial charge in [0.25, 0.3) is 0 Å². The smallest absolute Gasteiger partial charge is 0.146 e. The molecule has 1 aliphatic heterocycles. The van der Waals surface area contributed by atoms with Crippen LogP contribution in [0.4, 0.5) is 15.9 Å². The summed E-state index contributed by atoms with van der Waals surface area (Å²) in [7, 11) is -2.38. The van der Waals surface area contributed by atoms with E-state index >= 15 is 0 Å². The lowest BCUT2D eigenvalue weighted by Gasteiger charge is -2.17. The van der Waals surface area contributed by atoms with E-state index in [2.05, 4.69) is 26.2 Å². The minimum atomic E-state index is -2.38. The number of nitrogens with one attached hydrogen (secondary N) is 1. The van der Waals surface area contributed by atoms with Gasteiger partial charge in [0, 0.05) is 34.7 Å². The van der Waals surface area contributed by atoms with E-state index < -0.39 is 15.5 Å². The number of hydrogen-bond acceptors (Lipinski definition) is 8. The molecule has 182 valence electrons. The van der Waals surface area contributed by atoms with E-state index in [9.17, 15) is 8.60 Å². The topological polar surface area (TPSA) is 94.9 Å². The highest BCUT2D eigenvalue weighted by Crippen LogP contribution is 2.30. The highest BCUT2D eigenvalue weighted by Gasteiger charge is 2.24. The molecule has 10 heteroatoms. The van der Waals surface area contributed by atoms with E-state index in [4.69, 9.17) is 14.2 Å². The number of nitrogens with zero attached hydrogens (tertiary/aromatic N) is 3. The maximum atomic E-state index is 14.0. The Morgan fingerprint density at radius 1 is 1.29 bits per heavy atom. The lowest BCUT2D eigenvalue weighted by Crippen LogP contribution is -2.34. The summed E-state index contributed by atoms with van der Waals surface area (Å²) < 4.78 is 47.7. The van der Waals surface area contributed by atoms with Crippen LogP contribution in [0.5, 0.6) is 5.75 Å². The van der Waals surface area contributed by atoms with Crippen molar-refractivity contribution in [3.05, 3.63) is 53.2 Å². The normalized spacial score (nSPS) is 19.5. The van der Waals surface area contributed by atoms with Crippen LogP contribution in [0.1, 0.15) is 26.2 Å². The Kier molecular flexibility index (Phi) is 7.18. The van der Waals surface area contributed by atoms with E-state index in [1.165, 1.54) is 18.5 Å². The highest BCUT2D eigenvalue weighted by atomic mass is 32.2. The summed E-state index contributed by atoms with van der Waals surface area (Å²) in [5, 5.41) is 4.39. The maximum absolute atomic E-state index is 14.0. The van der Waals surface area contributed by atoms with E-state index in [-0.39, 0.29) is 12.2 Å². The molecule has 2 aliphatic rings. The molecule has 1 aliphatic carbocycles. The molecule has 1 saturated heterocycles. The molecule has 1 N–H and O–H groups in total. The first-order valence-corrected chi connectivity index (χ1v) is 13.4. The molecular weight excluding hydrogens is 459 g/mol. The summed E-state index contributed by atoms with van der Waals surface area (Å²) in [6, 6.07) is 4.29. The Morgan fingerprint density at radius 2 is 2.09 bits per heavy atom. The molecule has 0 radical (unpaired) electrons. The summed E-state index contributed by atoms with van der Waals surface area (Å²) in [5.74, 6) is 1.05. The van der Waals surface area contributed by atoms with Crippen LogP contribution in [0, 0.1) is 5.82 Å². The Hall–Kier alpha value is -2.98. The average molecular weight is 489 g/mol. The molecule has 1 aromatic carbocycles. The molecule has 1 aromatic heterocycles. The molecule has 1 saturated carbocycles. The number of benzene rings is 1. The van der Waals surface area contributed by atoms with Crippen LogP contribution in [0.15, 0.2) is 41.2 Å². The zero-order valence-corrected chi connectivity index (χ0v) is 20.4. The van der Waals surface area contributed by atoms with Crippen molar-refractivity contribution in [3.8, 4) is 5.75 Å². The van der Waals surface area contributed by atoms with Gasteiger partial charge in [-0.3, -0.25) is 0 Å². The molecule has 0 bridgehead atoms. The van der Waals surface area contributed by atoms with Gasteiger partial charge in [-0.25, -0.2) is 22.9 Å². The predicted octanol–water partition coefficient (Wildman–Crippen LogP) is 2.86. The Bertz CT molecular complexity index is 1320. The third kappa shape index (κ3) is 6.54. The number of rotatable bonds is 8. The molecule has 0 spiro atoms. The zero-order chi connectivity index (χ0) is 24.3. The van der Waals surface area contributed by atoms with Gasteiger partial charge in [-0.05, 0) is 38.0 Å². The molecule has 0 amide bonds. The third-order valence-corrected chi connectivity index (χ3v) is 5.79. The van der Waals surface area contributed by atoms with Gasteiger partial charge in [0.15, 0.2) is 0 Å². The van der Waals surface area contributed by atoms with Gasteiger partial charge in [0.05, 0.1) is 41.3 Å². The first-order valence-electron chi connectivity index (χ1n) is 11.1. The first-order chi connectivity index (χ1) is 16.2. The van der Waals surface area contributed by atoms with Crippen LogP contribution in [-0.2, 0) is 19.2 Å². The van der Waals surface area contributed by atoms with Crippen LogP contribution in [0.25, 0.3) is 11.8 Å². The monoisotopic (exact) mass is 488 g/mol. The molecule has 0 unspecified atom stereocenters. The van der Waals surface area contributed by atoms with Crippen molar-refractivity contribution in [1.29, 1.82) is 0 Å². The number of aromatic nitrogens is 2. The summed E-state index contributed by atoms with van der Waals surface area (Å²) in [6.07, 6.45) is 8.85. The summed E-state index contributed by atoms with van der Waals surface area (Å²) in [4.78, 5) is 8.82. The summed E-state index contributed by atoms with van der Waals surface area (Å²) in [6.45, 7) is 6.82. The molecule has 8 nitrogen and oxygen atoms in total. The van der Waals surface area contributed by atoms with Crippen molar-refractivity contribution >= 4 is 33.1 Å². The number of ether oxygens (including phenoxy) is 3. The molecule has 4 rings (SSSR count). The van der Waals surface area contributed by atoms with Gasteiger partial charge >= 0.3 is 0 Å². The molecule has 1 atom stereocenters.